The van der Waals surface area contributed by atoms with Crippen molar-refractivity contribution in [1.29, 1.82) is 0 Å². The van der Waals surface area contributed by atoms with E-state index in [9.17, 15) is 9.90 Å². The molecular formula is C13H17ClN2O2. The van der Waals surface area contributed by atoms with Crippen LogP contribution < -0.4 is 4.90 Å². The van der Waals surface area contributed by atoms with E-state index in [2.05, 4.69) is 0 Å². The lowest BCUT2D eigenvalue weighted by Crippen LogP contribution is -2.61. The highest BCUT2D eigenvalue weighted by Gasteiger charge is 2.36. The van der Waals surface area contributed by atoms with E-state index in [4.69, 9.17) is 11.6 Å². The molecule has 0 aromatic heterocycles. The van der Waals surface area contributed by atoms with Crippen LogP contribution in [0.2, 0.25) is 5.02 Å². The van der Waals surface area contributed by atoms with Crippen LogP contribution in [0.1, 0.15) is 6.92 Å². The summed E-state index contributed by atoms with van der Waals surface area (Å²) in [4.78, 5) is 15.9. The van der Waals surface area contributed by atoms with E-state index in [1.165, 1.54) is 0 Å². The van der Waals surface area contributed by atoms with Crippen molar-refractivity contribution in [3.8, 4) is 0 Å². The number of hydrogen-bond acceptors (Lipinski definition) is 3. The molecule has 0 spiro atoms. The molecule has 18 heavy (non-hydrogen) atoms. The largest absolute Gasteiger partial charge is 0.394 e. The number of carbonyl (C=O) groups excluding carboxylic acids is 1. The van der Waals surface area contributed by atoms with Crippen molar-refractivity contribution in [2.45, 2.75) is 19.0 Å². The molecule has 0 saturated carbocycles. The van der Waals surface area contributed by atoms with Gasteiger partial charge >= 0.3 is 0 Å². The zero-order valence-electron chi connectivity index (χ0n) is 10.5. The first-order valence-corrected chi connectivity index (χ1v) is 6.32. The molecule has 1 aliphatic heterocycles. The summed E-state index contributed by atoms with van der Waals surface area (Å²) in [5.41, 5.74) is 0.783. The van der Waals surface area contributed by atoms with Gasteiger partial charge in [0.2, 0.25) is 5.91 Å². The Balaban J connectivity index is 2.31. The maximum absolute atomic E-state index is 12.3. The molecule has 1 amide bonds. The average Bonchev–Trinajstić information content (AvgIpc) is 2.34. The van der Waals surface area contributed by atoms with Crippen LogP contribution in [0.15, 0.2) is 24.3 Å². The Morgan fingerprint density at radius 1 is 1.50 bits per heavy atom. The van der Waals surface area contributed by atoms with Crippen LogP contribution >= 0.6 is 11.6 Å². The third-order valence-corrected chi connectivity index (χ3v) is 3.71. The van der Waals surface area contributed by atoms with E-state index >= 15 is 0 Å². The van der Waals surface area contributed by atoms with Crippen molar-refractivity contribution in [2.24, 2.45) is 0 Å². The van der Waals surface area contributed by atoms with Gasteiger partial charge in [0.25, 0.3) is 0 Å². The van der Waals surface area contributed by atoms with Gasteiger partial charge in [-0.25, -0.2) is 0 Å². The van der Waals surface area contributed by atoms with E-state index in [0.29, 0.717) is 11.6 Å². The third kappa shape index (κ3) is 2.36. The Kier molecular flexibility index (Phi) is 3.90. The normalized spacial score (nSPS) is 25.6. The van der Waals surface area contributed by atoms with Gasteiger partial charge < -0.3 is 10.0 Å². The van der Waals surface area contributed by atoms with Crippen molar-refractivity contribution in [1.82, 2.24) is 4.90 Å². The number of likely N-dealkylation sites (N-methyl/N-ethyl adjacent to an activating group) is 1. The predicted octanol–water partition coefficient (Wildman–Crippen LogP) is 1.37. The number of hydrogen-bond donors (Lipinski definition) is 1. The second-order valence-electron chi connectivity index (χ2n) is 4.64. The summed E-state index contributed by atoms with van der Waals surface area (Å²) >= 11 is 5.95. The monoisotopic (exact) mass is 268 g/mol. The summed E-state index contributed by atoms with van der Waals surface area (Å²) < 4.78 is 0. The first-order valence-electron chi connectivity index (χ1n) is 5.94. The van der Waals surface area contributed by atoms with Crippen molar-refractivity contribution >= 4 is 23.2 Å². The maximum atomic E-state index is 12.3. The highest BCUT2D eigenvalue weighted by molar-refractivity contribution is 6.30. The zero-order valence-corrected chi connectivity index (χ0v) is 11.3. The lowest BCUT2D eigenvalue weighted by molar-refractivity contribution is -0.128. The quantitative estimate of drug-likeness (QED) is 0.881. The lowest BCUT2D eigenvalue weighted by atomic mass is 10.1. The number of aliphatic hydroxyl groups is 1. The van der Waals surface area contributed by atoms with Gasteiger partial charge in [0.15, 0.2) is 0 Å². The van der Waals surface area contributed by atoms with Crippen LogP contribution in [0.5, 0.6) is 0 Å². The molecule has 1 aromatic rings. The fraction of sp³-hybridized carbons (Fsp3) is 0.462. The number of amides is 1. The van der Waals surface area contributed by atoms with Crippen molar-refractivity contribution < 1.29 is 9.90 Å². The standard InChI is InChI=1S/C13H17ClN2O2/c1-9-7-16(11-5-3-4-10(14)6-11)13(18)12(8-17)15(9)2/h3-6,9,12,17H,7-8H2,1-2H3. The number of anilines is 1. The SMILES string of the molecule is CC1CN(c2cccc(Cl)c2)C(=O)C(CO)N1C. The molecular weight excluding hydrogens is 252 g/mol. The molecule has 0 radical (unpaired) electrons. The number of piperazine rings is 1. The molecule has 4 nitrogen and oxygen atoms in total. The van der Waals surface area contributed by atoms with Crippen LogP contribution in [-0.2, 0) is 4.79 Å². The molecule has 2 rings (SSSR count). The molecule has 1 heterocycles. The summed E-state index contributed by atoms with van der Waals surface area (Å²) in [5.74, 6) is -0.0830. The summed E-state index contributed by atoms with van der Waals surface area (Å²) in [7, 11) is 1.86. The van der Waals surface area contributed by atoms with Gasteiger partial charge in [-0.2, -0.15) is 0 Å². The van der Waals surface area contributed by atoms with Gasteiger partial charge in [0.1, 0.15) is 6.04 Å². The van der Waals surface area contributed by atoms with Crippen molar-refractivity contribution in [3.05, 3.63) is 29.3 Å². The third-order valence-electron chi connectivity index (χ3n) is 3.48. The number of benzene rings is 1. The fourth-order valence-electron chi connectivity index (χ4n) is 2.23. The first-order chi connectivity index (χ1) is 8.54. The van der Waals surface area contributed by atoms with Crippen LogP contribution in [-0.4, -0.2) is 48.2 Å². The van der Waals surface area contributed by atoms with Crippen LogP contribution in [0, 0.1) is 0 Å². The summed E-state index contributed by atoms with van der Waals surface area (Å²) in [5, 5.41) is 9.96. The minimum atomic E-state index is -0.479. The van der Waals surface area contributed by atoms with E-state index in [1.807, 2.05) is 31.0 Å². The van der Waals surface area contributed by atoms with Crippen molar-refractivity contribution in [2.75, 3.05) is 25.1 Å². The van der Waals surface area contributed by atoms with E-state index in [-0.39, 0.29) is 18.6 Å². The Morgan fingerprint density at radius 2 is 2.22 bits per heavy atom. The molecule has 1 saturated heterocycles. The molecule has 2 atom stereocenters. The van der Waals surface area contributed by atoms with E-state index in [1.54, 1.807) is 17.0 Å². The second-order valence-corrected chi connectivity index (χ2v) is 5.08. The Hall–Kier alpha value is -1.10. The Bertz CT molecular complexity index is 452. The number of rotatable bonds is 2. The molecule has 1 fully saturated rings. The molecule has 0 aliphatic carbocycles. The van der Waals surface area contributed by atoms with Gasteiger partial charge in [-0.1, -0.05) is 17.7 Å². The molecule has 1 N–H and O–H groups in total. The average molecular weight is 269 g/mol. The van der Waals surface area contributed by atoms with Gasteiger partial charge in [0.05, 0.1) is 6.61 Å². The molecule has 1 aromatic carbocycles. The van der Waals surface area contributed by atoms with Crippen LogP contribution in [0.4, 0.5) is 5.69 Å². The van der Waals surface area contributed by atoms with Crippen LogP contribution in [0.25, 0.3) is 0 Å². The second kappa shape index (κ2) is 5.26. The summed E-state index contributed by atoms with van der Waals surface area (Å²) in [6.07, 6.45) is 0. The van der Waals surface area contributed by atoms with Crippen LogP contribution in [0.3, 0.4) is 0 Å². The maximum Gasteiger partial charge on any atom is 0.246 e. The number of aliphatic hydroxyl groups excluding tert-OH is 1. The Labute approximate surface area is 112 Å². The number of nitrogens with zero attached hydrogens (tertiary/aromatic N) is 2. The highest BCUT2D eigenvalue weighted by atomic mass is 35.5. The lowest BCUT2D eigenvalue weighted by Gasteiger charge is -2.42. The fourth-order valence-corrected chi connectivity index (χ4v) is 2.41. The van der Waals surface area contributed by atoms with Gasteiger partial charge in [-0.15, -0.1) is 0 Å². The summed E-state index contributed by atoms with van der Waals surface area (Å²) in [6.45, 7) is 2.47. The minimum Gasteiger partial charge on any atom is -0.394 e. The number of carbonyl (C=O) groups is 1. The van der Waals surface area contributed by atoms with Gasteiger partial charge in [-0.3, -0.25) is 9.69 Å². The summed E-state index contributed by atoms with van der Waals surface area (Å²) in [6, 6.07) is 6.94. The minimum absolute atomic E-state index is 0.0830. The molecule has 98 valence electrons. The van der Waals surface area contributed by atoms with Crippen molar-refractivity contribution in [3.63, 3.8) is 0 Å². The van der Waals surface area contributed by atoms with E-state index in [0.717, 1.165) is 5.69 Å². The molecule has 2 unspecified atom stereocenters. The predicted molar refractivity (Wildman–Crippen MR) is 71.9 cm³/mol. The first kappa shape index (κ1) is 13.3. The van der Waals surface area contributed by atoms with Gasteiger partial charge in [0, 0.05) is 23.3 Å². The smallest absolute Gasteiger partial charge is 0.246 e. The zero-order chi connectivity index (χ0) is 13.3. The Morgan fingerprint density at radius 3 is 2.83 bits per heavy atom. The number of halogens is 1. The molecule has 5 heteroatoms. The van der Waals surface area contributed by atoms with Gasteiger partial charge in [-0.05, 0) is 32.2 Å². The van der Waals surface area contributed by atoms with E-state index < -0.39 is 6.04 Å². The highest BCUT2D eigenvalue weighted by Crippen LogP contribution is 2.24. The molecule has 1 aliphatic rings. The topological polar surface area (TPSA) is 43.8 Å². The molecule has 0 bridgehead atoms.